The summed E-state index contributed by atoms with van der Waals surface area (Å²) in [6, 6.07) is 4.72. The number of rotatable bonds is 3. The number of carbonyl (C=O) groups excluding carboxylic acids is 1. The average molecular weight is 280 g/mol. The van der Waals surface area contributed by atoms with E-state index < -0.39 is 17.6 Å². The van der Waals surface area contributed by atoms with Gasteiger partial charge in [0.15, 0.2) is 0 Å². The molecule has 1 amide bonds. The fourth-order valence-corrected chi connectivity index (χ4v) is 1.79. The van der Waals surface area contributed by atoms with Crippen LogP contribution in [-0.4, -0.2) is 29.8 Å². The first-order chi connectivity index (χ1) is 8.23. The SMILES string of the molecule is CC(Cl)CN(C)C(=O)c1ccccc1C(F)(F)F. The van der Waals surface area contributed by atoms with E-state index in [0.29, 0.717) is 0 Å². The summed E-state index contributed by atoms with van der Waals surface area (Å²) in [4.78, 5) is 13.1. The standard InChI is InChI=1S/C12H13ClF3NO/c1-8(13)7-17(2)11(18)9-5-3-4-6-10(9)12(14,15)16/h3-6,8H,7H2,1-2H3. The molecule has 1 aromatic rings. The molecule has 0 saturated carbocycles. The zero-order valence-electron chi connectivity index (χ0n) is 9.96. The van der Waals surface area contributed by atoms with Crippen LogP contribution in [0.1, 0.15) is 22.8 Å². The van der Waals surface area contributed by atoms with Gasteiger partial charge in [0.2, 0.25) is 0 Å². The highest BCUT2D eigenvalue weighted by Gasteiger charge is 2.35. The minimum atomic E-state index is -4.54. The van der Waals surface area contributed by atoms with Crippen LogP contribution in [0, 0.1) is 0 Å². The van der Waals surface area contributed by atoms with Crippen LogP contribution in [0.2, 0.25) is 0 Å². The first-order valence-electron chi connectivity index (χ1n) is 5.29. The van der Waals surface area contributed by atoms with Crippen molar-refractivity contribution in [3.63, 3.8) is 0 Å². The van der Waals surface area contributed by atoms with Gasteiger partial charge in [-0.05, 0) is 19.1 Å². The molecule has 0 fully saturated rings. The molecule has 1 atom stereocenters. The smallest absolute Gasteiger partial charge is 0.340 e. The van der Waals surface area contributed by atoms with E-state index in [9.17, 15) is 18.0 Å². The molecule has 6 heteroatoms. The molecule has 0 aliphatic heterocycles. The first kappa shape index (κ1) is 14.8. The molecule has 0 N–H and O–H groups in total. The fraction of sp³-hybridized carbons (Fsp3) is 0.417. The molecule has 0 aromatic heterocycles. The van der Waals surface area contributed by atoms with E-state index >= 15 is 0 Å². The second-order valence-electron chi connectivity index (χ2n) is 4.01. The Kier molecular flexibility index (Phi) is 4.62. The van der Waals surface area contributed by atoms with Gasteiger partial charge in [-0.1, -0.05) is 12.1 Å². The zero-order chi connectivity index (χ0) is 13.9. The molecule has 2 nitrogen and oxygen atoms in total. The summed E-state index contributed by atoms with van der Waals surface area (Å²) in [5.41, 5.74) is -1.28. The normalized spacial score (nSPS) is 13.2. The van der Waals surface area contributed by atoms with Crippen LogP contribution in [0.3, 0.4) is 0 Å². The predicted molar refractivity (Wildman–Crippen MR) is 63.7 cm³/mol. The van der Waals surface area contributed by atoms with Gasteiger partial charge in [-0.3, -0.25) is 4.79 Å². The number of halogens is 4. The minimum Gasteiger partial charge on any atom is -0.340 e. The van der Waals surface area contributed by atoms with Gasteiger partial charge in [0, 0.05) is 19.0 Å². The van der Waals surface area contributed by atoms with Crippen molar-refractivity contribution in [2.24, 2.45) is 0 Å². The van der Waals surface area contributed by atoms with Crippen LogP contribution < -0.4 is 0 Å². The van der Waals surface area contributed by atoms with Crippen LogP contribution in [0.5, 0.6) is 0 Å². The van der Waals surface area contributed by atoms with Crippen LogP contribution in [0.15, 0.2) is 24.3 Å². The summed E-state index contributed by atoms with van der Waals surface area (Å²) >= 11 is 5.72. The highest BCUT2D eigenvalue weighted by atomic mass is 35.5. The largest absolute Gasteiger partial charge is 0.417 e. The molecule has 0 heterocycles. The van der Waals surface area contributed by atoms with E-state index in [1.807, 2.05) is 0 Å². The molecule has 0 radical (unpaired) electrons. The highest BCUT2D eigenvalue weighted by Crippen LogP contribution is 2.32. The number of hydrogen-bond donors (Lipinski definition) is 0. The Bertz CT molecular complexity index is 432. The highest BCUT2D eigenvalue weighted by molar-refractivity contribution is 6.20. The van der Waals surface area contributed by atoms with Gasteiger partial charge in [0.1, 0.15) is 0 Å². The van der Waals surface area contributed by atoms with Crippen molar-refractivity contribution in [2.75, 3.05) is 13.6 Å². The minimum absolute atomic E-state index is 0.187. The van der Waals surface area contributed by atoms with Crippen molar-refractivity contribution in [3.8, 4) is 0 Å². The fourth-order valence-electron chi connectivity index (χ4n) is 1.58. The van der Waals surface area contributed by atoms with Crippen LogP contribution in [0.4, 0.5) is 13.2 Å². The number of benzene rings is 1. The van der Waals surface area contributed by atoms with Crippen LogP contribution in [-0.2, 0) is 6.18 Å². The third-order valence-electron chi connectivity index (χ3n) is 2.34. The van der Waals surface area contributed by atoms with Crippen molar-refractivity contribution >= 4 is 17.5 Å². The molecule has 18 heavy (non-hydrogen) atoms. The molecular weight excluding hydrogens is 267 g/mol. The van der Waals surface area contributed by atoms with Crippen molar-refractivity contribution in [2.45, 2.75) is 18.5 Å². The first-order valence-corrected chi connectivity index (χ1v) is 5.73. The summed E-state index contributed by atoms with van der Waals surface area (Å²) in [7, 11) is 1.42. The molecular formula is C12H13ClF3NO. The van der Waals surface area contributed by atoms with E-state index in [2.05, 4.69) is 0 Å². The Morgan fingerprint density at radius 3 is 2.44 bits per heavy atom. The van der Waals surface area contributed by atoms with Crippen LogP contribution >= 0.6 is 11.6 Å². The van der Waals surface area contributed by atoms with Gasteiger partial charge in [0.25, 0.3) is 5.91 Å². The van der Waals surface area contributed by atoms with E-state index in [1.165, 1.54) is 30.1 Å². The molecule has 0 spiro atoms. The Morgan fingerprint density at radius 2 is 1.94 bits per heavy atom. The van der Waals surface area contributed by atoms with Crippen molar-refractivity contribution in [1.82, 2.24) is 4.90 Å². The van der Waals surface area contributed by atoms with Crippen molar-refractivity contribution in [1.29, 1.82) is 0 Å². The topological polar surface area (TPSA) is 20.3 Å². The number of nitrogens with zero attached hydrogens (tertiary/aromatic N) is 1. The van der Waals surface area contributed by atoms with E-state index in [0.717, 1.165) is 6.07 Å². The molecule has 1 rings (SSSR count). The van der Waals surface area contributed by atoms with Crippen molar-refractivity contribution < 1.29 is 18.0 Å². The lowest BCUT2D eigenvalue weighted by atomic mass is 10.1. The number of alkyl halides is 4. The lowest BCUT2D eigenvalue weighted by Gasteiger charge is -2.20. The van der Waals surface area contributed by atoms with Crippen LogP contribution in [0.25, 0.3) is 0 Å². The Balaban J connectivity index is 3.06. The van der Waals surface area contributed by atoms with Gasteiger partial charge >= 0.3 is 6.18 Å². The van der Waals surface area contributed by atoms with Gasteiger partial charge in [-0.25, -0.2) is 0 Å². The number of hydrogen-bond acceptors (Lipinski definition) is 1. The molecule has 0 aliphatic rings. The summed E-state index contributed by atoms with van der Waals surface area (Å²) in [5, 5.41) is -0.322. The van der Waals surface area contributed by atoms with Gasteiger partial charge in [-0.15, -0.1) is 11.6 Å². The monoisotopic (exact) mass is 279 g/mol. The maximum absolute atomic E-state index is 12.7. The third kappa shape index (κ3) is 3.63. The molecule has 100 valence electrons. The molecule has 0 bridgehead atoms. The Hall–Kier alpha value is -1.23. The quantitative estimate of drug-likeness (QED) is 0.777. The molecule has 0 saturated heterocycles. The van der Waals surface area contributed by atoms with Gasteiger partial charge in [0.05, 0.1) is 11.1 Å². The number of amides is 1. The van der Waals surface area contributed by atoms with Crippen molar-refractivity contribution in [3.05, 3.63) is 35.4 Å². The lowest BCUT2D eigenvalue weighted by Crippen LogP contribution is -2.32. The second kappa shape index (κ2) is 5.61. The Morgan fingerprint density at radius 1 is 1.39 bits per heavy atom. The lowest BCUT2D eigenvalue weighted by molar-refractivity contribution is -0.138. The predicted octanol–water partition coefficient (Wildman–Crippen LogP) is 3.40. The van der Waals surface area contributed by atoms with E-state index in [-0.39, 0.29) is 17.5 Å². The van der Waals surface area contributed by atoms with E-state index in [4.69, 9.17) is 11.6 Å². The van der Waals surface area contributed by atoms with E-state index in [1.54, 1.807) is 6.92 Å². The van der Waals surface area contributed by atoms with Gasteiger partial charge < -0.3 is 4.90 Å². The number of carbonyl (C=O) groups is 1. The molecule has 1 unspecified atom stereocenters. The summed E-state index contributed by atoms with van der Waals surface area (Å²) < 4.78 is 38.2. The third-order valence-corrected chi connectivity index (χ3v) is 2.47. The van der Waals surface area contributed by atoms with Gasteiger partial charge in [-0.2, -0.15) is 13.2 Å². The maximum atomic E-state index is 12.7. The molecule has 1 aromatic carbocycles. The summed E-state index contributed by atoms with van der Waals surface area (Å²) in [5.74, 6) is -0.685. The maximum Gasteiger partial charge on any atom is 0.417 e. The molecule has 0 aliphatic carbocycles. The summed E-state index contributed by atoms with van der Waals surface area (Å²) in [6.45, 7) is 1.85. The summed E-state index contributed by atoms with van der Waals surface area (Å²) in [6.07, 6.45) is -4.54. The average Bonchev–Trinajstić information content (AvgIpc) is 2.26. The zero-order valence-corrected chi connectivity index (χ0v) is 10.7. The Labute approximate surface area is 108 Å². The second-order valence-corrected chi connectivity index (χ2v) is 4.75.